The number of methoxy groups -OCH3 is 2. The van der Waals surface area contributed by atoms with Crippen LogP contribution < -0.4 is 10.5 Å². The lowest BCUT2D eigenvalue weighted by Gasteiger charge is -2.06. The van der Waals surface area contributed by atoms with Gasteiger partial charge < -0.3 is 15.2 Å². The van der Waals surface area contributed by atoms with Gasteiger partial charge in [-0.25, -0.2) is 21.6 Å². The topological polar surface area (TPSA) is 125 Å². The van der Waals surface area contributed by atoms with E-state index in [1.54, 1.807) is 0 Å². The number of benzene rings is 2. The fourth-order valence-corrected chi connectivity index (χ4v) is 4.32. The van der Waals surface area contributed by atoms with Crippen molar-refractivity contribution < 1.29 is 26.3 Å². The zero-order valence-corrected chi connectivity index (χ0v) is 23.9. The average molecular weight is 653 g/mol. The molecule has 0 aliphatic carbocycles. The molecule has 2 rings (SSSR count). The van der Waals surface area contributed by atoms with Gasteiger partial charge in [0.2, 0.25) is 19.1 Å². The summed E-state index contributed by atoms with van der Waals surface area (Å²) < 4.78 is 56.7. The lowest BCUT2D eigenvalue weighted by atomic mass is 10.2. The van der Waals surface area contributed by atoms with Crippen LogP contribution in [-0.2, 0) is 41.6 Å². The molecule has 0 radical (unpaired) electrons. The van der Waals surface area contributed by atoms with Crippen LogP contribution in [-0.4, -0.2) is 55.8 Å². The lowest BCUT2D eigenvalue weighted by Crippen LogP contribution is -2.27. The first-order valence-corrected chi connectivity index (χ1v) is 15.2. The summed E-state index contributed by atoms with van der Waals surface area (Å²) in [7, 11) is 1.11. The summed E-state index contributed by atoms with van der Waals surface area (Å²) >= 11 is 6.67. The summed E-state index contributed by atoms with van der Waals surface area (Å²) in [5.74, 6) is -0.136. The SMILES string of the molecule is COCCS(=O)(=O)Cl.COCCS(=O)(=O)NCc1cccc(Br)c1.NCc1cccc(Br)c1. The zero-order chi connectivity index (χ0) is 25.3. The van der Waals surface area contributed by atoms with Crippen molar-refractivity contribution in [2.75, 3.05) is 38.9 Å². The lowest BCUT2D eigenvalue weighted by molar-refractivity contribution is 0.217. The third kappa shape index (κ3) is 19.4. The first-order chi connectivity index (χ1) is 15.4. The molecule has 0 aliphatic heterocycles. The van der Waals surface area contributed by atoms with E-state index in [9.17, 15) is 16.8 Å². The Labute approximate surface area is 217 Å². The monoisotopic (exact) mass is 650 g/mol. The molecule has 0 heterocycles. The van der Waals surface area contributed by atoms with Gasteiger partial charge in [-0.05, 0) is 35.4 Å². The van der Waals surface area contributed by atoms with Gasteiger partial charge in [0.1, 0.15) is 0 Å². The molecule has 0 aromatic heterocycles. The highest BCUT2D eigenvalue weighted by Gasteiger charge is 2.09. The van der Waals surface area contributed by atoms with Gasteiger partial charge in [0.25, 0.3) is 0 Å². The van der Waals surface area contributed by atoms with E-state index in [4.69, 9.17) is 21.2 Å². The van der Waals surface area contributed by atoms with Crippen LogP contribution in [0.3, 0.4) is 0 Å². The first-order valence-electron chi connectivity index (χ1n) is 9.49. The van der Waals surface area contributed by atoms with Gasteiger partial charge in [0.05, 0.1) is 24.7 Å². The highest BCUT2D eigenvalue weighted by atomic mass is 79.9. The average Bonchev–Trinajstić information content (AvgIpc) is 2.75. The third-order valence-corrected chi connectivity index (χ3v) is 6.99. The van der Waals surface area contributed by atoms with Crippen molar-refractivity contribution in [3.63, 3.8) is 0 Å². The molecular formula is C20H29Br2ClN2O6S2. The molecule has 2 aromatic carbocycles. The van der Waals surface area contributed by atoms with E-state index >= 15 is 0 Å². The second-order valence-corrected chi connectivity index (χ2v) is 13.0. The van der Waals surface area contributed by atoms with Gasteiger partial charge in [0, 0.05) is 46.9 Å². The van der Waals surface area contributed by atoms with Crippen molar-refractivity contribution in [3.8, 4) is 0 Å². The van der Waals surface area contributed by atoms with Crippen LogP contribution in [0.15, 0.2) is 57.5 Å². The van der Waals surface area contributed by atoms with Crippen molar-refractivity contribution in [3.05, 3.63) is 68.6 Å². The molecule has 2 aromatic rings. The largest absolute Gasteiger partial charge is 0.384 e. The number of hydrogen-bond donors (Lipinski definition) is 2. The third-order valence-electron chi connectivity index (χ3n) is 3.60. The number of ether oxygens (including phenoxy) is 2. The van der Waals surface area contributed by atoms with Gasteiger partial charge in [0.15, 0.2) is 0 Å². The van der Waals surface area contributed by atoms with E-state index in [1.807, 2.05) is 48.5 Å². The van der Waals surface area contributed by atoms with Crippen LogP contribution in [0.2, 0.25) is 0 Å². The molecular weight excluding hydrogens is 624 g/mol. The smallest absolute Gasteiger partial charge is 0.234 e. The molecule has 0 spiro atoms. The maximum atomic E-state index is 11.4. The van der Waals surface area contributed by atoms with Crippen LogP contribution in [0.5, 0.6) is 0 Å². The Kier molecular flexibility index (Phi) is 17.5. The van der Waals surface area contributed by atoms with Gasteiger partial charge >= 0.3 is 0 Å². The van der Waals surface area contributed by atoms with Gasteiger partial charge in [-0.1, -0.05) is 56.1 Å². The van der Waals surface area contributed by atoms with Gasteiger partial charge in [-0.15, -0.1) is 0 Å². The van der Waals surface area contributed by atoms with E-state index in [1.165, 1.54) is 14.2 Å². The quantitative estimate of drug-likeness (QED) is 0.376. The Morgan fingerprint density at radius 3 is 1.76 bits per heavy atom. The highest BCUT2D eigenvalue weighted by Crippen LogP contribution is 2.11. The molecule has 13 heteroatoms. The summed E-state index contributed by atoms with van der Waals surface area (Å²) in [6.45, 7) is 1.27. The van der Waals surface area contributed by atoms with E-state index < -0.39 is 19.1 Å². The van der Waals surface area contributed by atoms with Crippen LogP contribution in [0, 0.1) is 0 Å². The number of hydrogen-bond acceptors (Lipinski definition) is 7. The summed E-state index contributed by atoms with van der Waals surface area (Å²) in [5, 5.41) is 0. The highest BCUT2D eigenvalue weighted by molar-refractivity contribution is 9.10. The molecule has 0 atom stereocenters. The molecule has 3 N–H and O–H groups in total. The molecule has 0 saturated heterocycles. The van der Waals surface area contributed by atoms with E-state index in [2.05, 4.69) is 41.3 Å². The number of halogens is 3. The molecule has 188 valence electrons. The molecule has 0 saturated carbocycles. The number of rotatable bonds is 10. The Morgan fingerprint density at radius 2 is 1.36 bits per heavy atom. The Balaban J connectivity index is 0.000000511. The summed E-state index contributed by atoms with van der Waals surface area (Å²) in [4.78, 5) is 0. The Bertz CT molecular complexity index is 1020. The van der Waals surface area contributed by atoms with Crippen molar-refractivity contribution in [1.29, 1.82) is 0 Å². The molecule has 0 amide bonds. The maximum Gasteiger partial charge on any atom is 0.234 e. The maximum absolute atomic E-state index is 11.4. The number of nitrogens with two attached hydrogens (primary N) is 1. The van der Waals surface area contributed by atoms with Crippen LogP contribution >= 0.6 is 42.5 Å². The Hall–Kier alpha value is -0.570. The van der Waals surface area contributed by atoms with Crippen molar-refractivity contribution >= 4 is 61.6 Å². The van der Waals surface area contributed by atoms with Crippen molar-refractivity contribution in [1.82, 2.24) is 4.72 Å². The van der Waals surface area contributed by atoms with Gasteiger partial charge in [-0.3, -0.25) is 0 Å². The molecule has 0 fully saturated rings. The number of nitrogens with one attached hydrogen (secondary N) is 1. The predicted molar refractivity (Wildman–Crippen MR) is 140 cm³/mol. The fourth-order valence-electron chi connectivity index (χ4n) is 1.95. The fraction of sp³-hybridized carbons (Fsp3) is 0.400. The van der Waals surface area contributed by atoms with Gasteiger partial charge in [-0.2, -0.15) is 0 Å². The molecule has 33 heavy (non-hydrogen) atoms. The molecule has 8 nitrogen and oxygen atoms in total. The summed E-state index contributed by atoms with van der Waals surface area (Å²) in [6, 6.07) is 15.5. The summed E-state index contributed by atoms with van der Waals surface area (Å²) in [6.07, 6.45) is 0. The number of sulfonamides is 1. The van der Waals surface area contributed by atoms with Crippen molar-refractivity contribution in [2.24, 2.45) is 5.73 Å². The van der Waals surface area contributed by atoms with Crippen LogP contribution in [0.1, 0.15) is 11.1 Å². The normalized spacial score (nSPS) is 11.1. The Morgan fingerprint density at radius 1 is 0.879 bits per heavy atom. The second kappa shape index (κ2) is 17.8. The molecule has 0 bridgehead atoms. The minimum Gasteiger partial charge on any atom is -0.384 e. The van der Waals surface area contributed by atoms with Crippen molar-refractivity contribution in [2.45, 2.75) is 13.1 Å². The van der Waals surface area contributed by atoms with E-state index in [0.717, 1.165) is 20.1 Å². The minimum atomic E-state index is -3.34. The standard InChI is InChI=1S/C10H14BrNO3S.C7H8BrN.C3H7ClO3S/c1-15-5-6-16(13,14)12-8-9-3-2-4-10(11)7-9;8-7-3-1-2-6(4-7)5-9;1-7-2-3-8(4,5)6/h2-4,7,12H,5-6,8H2,1H3;1-4H,5,9H2;2-3H2,1H3. The first kappa shape index (κ1) is 32.4. The van der Waals surface area contributed by atoms with E-state index in [-0.39, 0.29) is 24.7 Å². The molecule has 0 unspecified atom stereocenters. The molecule has 0 aliphatic rings. The minimum absolute atomic E-state index is 0.0164. The van der Waals surface area contributed by atoms with E-state index in [0.29, 0.717) is 13.1 Å². The second-order valence-electron chi connectivity index (χ2n) is 6.33. The zero-order valence-electron chi connectivity index (χ0n) is 18.3. The van der Waals surface area contributed by atoms with Crippen LogP contribution in [0.25, 0.3) is 0 Å². The summed E-state index contributed by atoms with van der Waals surface area (Å²) in [5.41, 5.74) is 7.47. The van der Waals surface area contributed by atoms with Crippen LogP contribution in [0.4, 0.5) is 0 Å². The predicted octanol–water partition coefficient (Wildman–Crippen LogP) is 3.62.